The summed E-state index contributed by atoms with van der Waals surface area (Å²) in [5.41, 5.74) is 7.19. The van der Waals surface area contributed by atoms with Crippen molar-refractivity contribution in [2.75, 3.05) is 61.5 Å². The summed E-state index contributed by atoms with van der Waals surface area (Å²) in [6, 6.07) is 7.07. The van der Waals surface area contributed by atoms with Gasteiger partial charge < -0.3 is 30.4 Å². The number of carbonyl (C=O) groups excluding carboxylic acids is 1. The number of carbonyl (C=O) groups is 1. The van der Waals surface area contributed by atoms with Crippen LogP contribution in [0.1, 0.15) is 19.4 Å². The molecule has 1 aliphatic rings. The van der Waals surface area contributed by atoms with Gasteiger partial charge in [-0.25, -0.2) is 27.9 Å². The number of aromatic nitrogens is 2. The number of amides is 2. The Labute approximate surface area is 210 Å². The van der Waals surface area contributed by atoms with Crippen molar-refractivity contribution in [2.24, 2.45) is 5.16 Å². The molecule has 2 aromatic rings. The third-order valence-corrected chi connectivity index (χ3v) is 5.78. The van der Waals surface area contributed by atoms with Gasteiger partial charge in [0.05, 0.1) is 24.1 Å². The molecule has 0 bridgehead atoms. The van der Waals surface area contributed by atoms with Crippen LogP contribution in [0, 0.1) is 0 Å². The molecule has 1 aromatic heterocycles. The van der Waals surface area contributed by atoms with Gasteiger partial charge in [-0.3, -0.25) is 0 Å². The lowest BCUT2D eigenvalue weighted by molar-refractivity contribution is 0.151. The molecule has 2 amide bonds. The Morgan fingerprint density at radius 3 is 2.53 bits per heavy atom. The second kappa shape index (κ2) is 12.4. The van der Waals surface area contributed by atoms with E-state index < -0.39 is 10.0 Å². The maximum atomic E-state index is 12.7. The van der Waals surface area contributed by atoms with E-state index >= 15 is 0 Å². The number of sulfonamides is 1. The summed E-state index contributed by atoms with van der Waals surface area (Å²) in [6.45, 7) is 6.07. The van der Waals surface area contributed by atoms with Crippen LogP contribution in [0.25, 0.3) is 0 Å². The number of nitrogens with two attached hydrogens (primary N) is 1. The Morgan fingerprint density at radius 2 is 1.89 bits per heavy atom. The highest BCUT2D eigenvalue weighted by atomic mass is 32.2. The Hall–Kier alpha value is -3.65. The van der Waals surface area contributed by atoms with Crippen LogP contribution in [-0.4, -0.2) is 87.2 Å². The van der Waals surface area contributed by atoms with Crippen molar-refractivity contribution in [3.05, 3.63) is 36.2 Å². The van der Waals surface area contributed by atoms with Gasteiger partial charge in [-0.05, 0) is 38.1 Å². The van der Waals surface area contributed by atoms with Crippen LogP contribution >= 0.6 is 0 Å². The highest BCUT2D eigenvalue weighted by Gasteiger charge is 2.24. The normalized spacial score (nSPS) is 14.3. The number of nitrogen functional groups attached to an aromatic ring is 1. The molecule has 14 heteroatoms. The Bertz CT molecular complexity index is 1150. The van der Waals surface area contributed by atoms with Gasteiger partial charge in [0, 0.05) is 38.4 Å². The molecular formula is C22H32N8O5S. The first-order valence-electron chi connectivity index (χ1n) is 11.4. The van der Waals surface area contributed by atoms with E-state index in [1.807, 2.05) is 30.9 Å². The van der Waals surface area contributed by atoms with Gasteiger partial charge in [0.25, 0.3) is 0 Å². The van der Waals surface area contributed by atoms with Gasteiger partial charge in [-0.15, -0.1) is 0 Å². The number of anilines is 3. The molecule has 2 heterocycles. The van der Waals surface area contributed by atoms with E-state index in [0.717, 1.165) is 12.0 Å². The van der Waals surface area contributed by atoms with Gasteiger partial charge >= 0.3 is 6.03 Å². The molecule has 0 saturated carbocycles. The summed E-state index contributed by atoms with van der Waals surface area (Å²) in [4.78, 5) is 29.9. The molecule has 196 valence electrons. The SMILES string of the molecule is CC(C)Oc1ccc(NC(=O)N2CCN(c3ncnc(N)c3C=NOCCNS(C)(=O)=O)CC2)cc1. The van der Waals surface area contributed by atoms with E-state index in [1.165, 1.54) is 12.5 Å². The second-order valence-corrected chi connectivity index (χ2v) is 10.2. The van der Waals surface area contributed by atoms with E-state index in [4.69, 9.17) is 15.3 Å². The fourth-order valence-electron chi connectivity index (χ4n) is 3.40. The van der Waals surface area contributed by atoms with Crippen LogP contribution < -0.4 is 25.4 Å². The number of rotatable bonds is 10. The van der Waals surface area contributed by atoms with Gasteiger partial charge in [0.2, 0.25) is 10.0 Å². The Balaban J connectivity index is 1.54. The summed E-state index contributed by atoms with van der Waals surface area (Å²) in [7, 11) is -3.29. The number of hydrogen-bond donors (Lipinski definition) is 3. The molecule has 0 unspecified atom stereocenters. The maximum Gasteiger partial charge on any atom is 0.321 e. The lowest BCUT2D eigenvalue weighted by atomic mass is 10.2. The monoisotopic (exact) mass is 520 g/mol. The smallest absolute Gasteiger partial charge is 0.321 e. The molecule has 4 N–H and O–H groups in total. The van der Waals surface area contributed by atoms with Gasteiger partial charge in [0.1, 0.15) is 30.3 Å². The number of nitrogens with one attached hydrogen (secondary N) is 2. The van der Waals surface area contributed by atoms with Gasteiger partial charge in [-0.1, -0.05) is 5.16 Å². The molecule has 0 radical (unpaired) electrons. The highest BCUT2D eigenvalue weighted by Crippen LogP contribution is 2.22. The number of piperazine rings is 1. The van der Waals surface area contributed by atoms with Gasteiger partial charge in [-0.2, -0.15) is 0 Å². The van der Waals surface area contributed by atoms with Crippen LogP contribution in [0.2, 0.25) is 0 Å². The zero-order chi connectivity index (χ0) is 26.1. The van der Waals surface area contributed by atoms with Gasteiger partial charge in [0.15, 0.2) is 0 Å². The molecule has 1 aromatic carbocycles. The zero-order valence-electron chi connectivity index (χ0n) is 20.5. The Kier molecular flexibility index (Phi) is 9.25. The quantitative estimate of drug-likeness (QED) is 0.236. The minimum Gasteiger partial charge on any atom is -0.491 e. The third-order valence-electron chi connectivity index (χ3n) is 5.05. The number of ether oxygens (including phenoxy) is 1. The van der Waals surface area contributed by atoms with Crippen molar-refractivity contribution in [3.63, 3.8) is 0 Å². The first-order chi connectivity index (χ1) is 17.1. The number of urea groups is 1. The van der Waals surface area contributed by atoms with Crippen LogP contribution in [0.5, 0.6) is 5.75 Å². The predicted octanol–water partition coefficient (Wildman–Crippen LogP) is 1.10. The fourth-order valence-corrected chi connectivity index (χ4v) is 3.86. The lowest BCUT2D eigenvalue weighted by Gasteiger charge is -2.35. The average molecular weight is 521 g/mol. The highest BCUT2D eigenvalue weighted by molar-refractivity contribution is 7.88. The molecule has 1 saturated heterocycles. The average Bonchev–Trinajstić information content (AvgIpc) is 2.82. The first-order valence-corrected chi connectivity index (χ1v) is 13.3. The Morgan fingerprint density at radius 1 is 1.19 bits per heavy atom. The number of nitrogens with zero attached hydrogens (tertiary/aromatic N) is 5. The van der Waals surface area contributed by atoms with Crippen molar-refractivity contribution in [1.82, 2.24) is 19.6 Å². The fraction of sp³-hybridized carbons (Fsp3) is 0.455. The van der Waals surface area contributed by atoms with Crippen LogP contribution in [0.3, 0.4) is 0 Å². The first kappa shape index (κ1) is 26.9. The molecule has 36 heavy (non-hydrogen) atoms. The van der Waals surface area contributed by atoms with Crippen LogP contribution in [-0.2, 0) is 14.9 Å². The molecule has 1 aliphatic heterocycles. The minimum absolute atomic E-state index is 0.0494. The largest absolute Gasteiger partial charge is 0.491 e. The van der Waals surface area contributed by atoms with Crippen molar-refractivity contribution in [3.8, 4) is 5.75 Å². The van der Waals surface area contributed by atoms with Crippen LogP contribution in [0.4, 0.5) is 22.1 Å². The summed E-state index contributed by atoms with van der Waals surface area (Å²) in [5.74, 6) is 1.55. The summed E-state index contributed by atoms with van der Waals surface area (Å²) < 4.78 is 30.1. The third kappa shape index (κ3) is 8.23. The molecule has 0 aliphatic carbocycles. The molecular weight excluding hydrogens is 488 g/mol. The van der Waals surface area contributed by atoms with E-state index in [2.05, 4.69) is 25.2 Å². The molecule has 1 fully saturated rings. The lowest BCUT2D eigenvalue weighted by Crippen LogP contribution is -2.50. The van der Waals surface area contributed by atoms with E-state index in [0.29, 0.717) is 43.2 Å². The van der Waals surface area contributed by atoms with E-state index in [9.17, 15) is 13.2 Å². The topological polar surface area (TPSA) is 164 Å². The van der Waals surface area contributed by atoms with Crippen molar-refractivity contribution >= 4 is 39.6 Å². The summed E-state index contributed by atoms with van der Waals surface area (Å²) in [6.07, 6.45) is 3.91. The van der Waals surface area contributed by atoms with Crippen molar-refractivity contribution in [1.29, 1.82) is 0 Å². The van der Waals surface area contributed by atoms with E-state index in [-0.39, 0.29) is 31.1 Å². The second-order valence-electron chi connectivity index (χ2n) is 8.33. The maximum absolute atomic E-state index is 12.7. The molecule has 0 spiro atoms. The van der Waals surface area contributed by atoms with Crippen LogP contribution in [0.15, 0.2) is 35.7 Å². The zero-order valence-corrected chi connectivity index (χ0v) is 21.4. The number of hydrogen-bond acceptors (Lipinski definition) is 10. The van der Waals surface area contributed by atoms with E-state index in [1.54, 1.807) is 17.0 Å². The predicted molar refractivity (Wildman–Crippen MR) is 138 cm³/mol. The summed E-state index contributed by atoms with van der Waals surface area (Å²) >= 11 is 0. The number of oxime groups is 1. The minimum atomic E-state index is -3.29. The molecule has 3 rings (SSSR count). The van der Waals surface area contributed by atoms with Crippen molar-refractivity contribution in [2.45, 2.75) is 20.0 Å². The molecule has 0 atom stereocenters. The summed E-state index contributed by atoms with van der Waals surface area (Å²) in [5, 5.41) is 6.77. The molecule has 13 nitrogen and oxygen atoms in total. The standard InChI is InChI=1S/C22H32N8O5S/c1-16(2)35-18-6-4-17(5-7-18)28-22(31)30-11-9-29(10-12-30)21-19(20(23)24-15-25-21)14-26-34-13-8-27-36(3,32)33/h4-7,14-16,27H,8-13H2,1-3H3,(H,28,31)(H2,23,24,25). The van der Waals surface area contributed by atoms with Crippen molar-refractivity contribution < 1.29 is 22.8 Å². The number of benzene rings is 1.